The van der Waals surface area contributed by atoms with Crippen LogP contribution in [0.5, 0.6) is 11.5 Å². The van der Waals surface area contributed by atoms with Gasteiger partial charge in [-0.15, -0.1) is 0 Å². The Labute approximate surface area is 187 Å². The Hall–Kier alpha value is -4.22. The largest absolute Gasteiger partial charge is 0.451 e. The quantitative estimate of drug-likeness (QED) is 0.439. The van der Waals surface area contributed by atoms with E-state index < -0.39 is 40.4 Å². The van der Waals surface area contributed by atoms with E-state index in [0.717, 1.165) is 33.5 Å². The van der Waals surface area contributed by atoms with Gasteiger partial charge in [0.05, 0.1) is 6.54 Å². The van der Waals surface area contributed by atoms with Gasteiger partial charge in [-0.2, -0.15) is 18.3 Å². The zero-order chi connectivity index (χ0) is 24.6. The van der Waals surface area contributed by atoms with Crippen molar-refractivity contribution in [3.8, 4) is 22.6 Å². The average molecular weight is 478 g/mol. The SMILES string of the molecule is Cn1c(Cn2ccc(C(F)(F)F)c(Oc3ccc(-c4ccc(F)cc4)c(F)c3)c2=O)n[nH]c1=O. The monoisotopic (exact) mass is 478 g/mol. The van der Waals surface area contributed by atoms with Gasteiger partial charge in [0.25, 0.3) is 5.56 Å². The highest BCUT2D eigenvalue weighted by atomic mass is 19.4. The lowest BCUT2D eigenvalue weighted by molar-refractivity contribution is -0.138. The number of alkyl halides is 3. The maximum atomic E-state index is 14.7. The topological polar surface area (TPSA) is 81.9 Å². The van der Waals surface area contributed by atoms with Crippen molar-refractivity contribution in [3.63, 3.8) is 0 Å². The van der Waals surface area contributed by atoms with Crippen LogP contribution >= 0.6 is 0 Å². The Kier molecular flexibility index (Phi) is 5.82. The molecule has 7 nitrogen and oxygen atoms in total. The molecule has 12 heteroatoms. The molecule has 0 fully saturated rings. The standard InChI is InChI=1S/C22H15F5N4O3/c1-30-18(28-29-21(30)33)11-31-9-8-16(22(25,26)27)19(20(31)32)34-14-6-7-15(17(24)10-14)12-2-4-13(23)5-3-12/h2-10H,11H2,1H3,(H,29,33). The molecule has 0 radical (unpaired) electrons. The molecule has 0 aliphatic heterocycles. The van der Waals surface area contributed by atoms with Crippen LogP contribution in [-0.2, 0) is 19.8 Å². The predicted molar refractivity (Wildman–Crippen MR) is 111 cm³/mol. The molecule has 0 amide bonds. The third-order valence-corrected chi connectivity index (χ3v) is 5.03. The molecule has 0 unspecified atom stereocenters. The fourth-order valence-corrected chi connectivity index (χ4v) is 3.21. The zero-order valence-electron chi connectivity index (χ0n) is 17.4. The van der Waals surface area contributed by atoms with Crippen LogP contribution in [0.15, 0.2) is 64.3 Å². The Morgan fingerprint density at radius 3 is 2.32 bits per heavy atom. The summed E-state index contributed by atoms with van der Waals surface area (Å²) in [6.45, 7) is -0.319. The van der Waals surface area contributed by atoms with Crippen LogP contribution in [0.2, 0.25) is 0 Å². The first-order valence-corrected chi connectivity index (χ1v) is 9.69. The lowest BCUT2D eigenvalue weighted by Gasteiger charge is -2.16. The summed E-state index contributed by atoms with van der Waals surface area (Å²) in [7, 11) is 1.37. The van der Waals surface area contributed by atoms with Crippen LogP contribution in [0, 0.1) is 11.6 Å². The third kappa shape index (κ3) is 4.47. The van der Waals surface area contributed by atoms with Gasteiger partial charge in [-0.05, 0) is 35.9 Å². The molecule has 0 saturated carbocycles. The summed E-state index contributed by atoms with van der Waals surface area (Å²) in [5, 5.41) is 5.88. The van der Waals surface area contributed by atoms with Crippen LogP contribution in [0.4, 0.5) is 22.0 Å². The second kappa shape index (κ2) is 8.61. The van der Waals surface area contributed by atoms with Gasteiger partial charge in [0.1, 0.15) is 22.9 Å². The van der Waals surface area contributed by atoms with E-state index >= 15 is 0 Å². The summed E-state index contributed by atoms with van der Waals surface area (Å²) in [4.78, 5) is 24.4. The molecule has 0 atom stereocenters. The molecule has 2 heterocycles. The highest BCUT2D eigenvalue weighted by Crippen LogP contribution is 2.37. The van der Waals surface area contributed by atoms with Crippen molar-refractivity contribution in [1.82, 2.24) is 19.3 Å². The number of aromatic amines is 1. The highest BCUT2D eigenvalue weighted by molar-refractivity contribution is 5.65. The number of nitrogens with one attached hydrogen (secondary N) is 1. The fourth-order valence-electron chi connectivity index (χ4n) is 3.21. The van der Waals surface area contributed by atoms with Gasteiger partial charge in [0.2, 0.25) is 5.75 Å². The van der Waals surface area contributed by atoms with Crippen LogP contribution < -0.4 is 16.0 Å². The first-order chi connectivity index (χ1) is 16.0. The number of aromatic nitrogens is 4. The molecule has 4 aromatic rings. The third-order valence-electron chi connectivity index (χ3n) is 5.03. The van der Waals surface area contributed by atoms with Crippen molar-refractivity contribution in [2.24, 2.45) is 7.05 Å². The minimum atomic E-state index is -4.93. The van der Waals surface area contributed by atoms with Crippen LogP contribution in [0.1, 0.15) is 11.4 Å². The van der Waals surface area contributed by atoms with Gasteiger partial charge >= 0.3 is 11.9 Å². The molecule has 34 heavy (non-hydrogen) atoms. The number of rotatable bonds is 5. The van der Waals surface area contributed by atoms with E-state index in [-0.39, 0.29) is 23.7 Å². The molecule has 2 aromatic carbocycles. The summed E-state index contributed by atoms with van der Waals surface area (Å²) in [5.41, 5.74) is -2.68. The van der Waals surface area contributed by atoms with E-state index in [1.54, 1.807) is 0 Å². The summed E-state index contributed by atoms with van der Waals surface area (Å²) >= 11 is 0. The van der Waals surface area contributed by atoms with E-state index in [1.165, 1.54) is 31.3 Å². The maximum absolute atomic E-state index is 14.7. The van der Waals surface area contributed by atoms with E-state index in [9.17, 15) is 31.5 Å². The van der Waals surface area contributed by atoms with Gasteiger partial charge in [0, 0.05) is 24.9 Å². The molecular formula is C22H15F5N4O3. The van der Waals surface area contributed by atoms with E-state index in [2.05, 4.69) is 10.2 Å². The van der Waals surface area contributed by atoms with Crippen molar-refractivity contribution in [3.05, 3.63) is 98.6 Å². The summed E-state index contributed by atoms with van der Waals surface area (Å²) < 4.78 is 75.6. The van der Waals surface area contributed by atoms with Gasteiger partial charge in [-0.25, -0.2) is 18.7 Å². The summed E-state index contributed by atoms with van der Waals surface area (Å²) in [6, 6.07) is 8.86. The zero-order valence-corrected chi connectivity index (χ0v) is 17.4. The Morgan fingerprint density at radius 1 is 1.03 bits per heavy atom. The van der Waals surface area contributed by atoms with E-state index in [4.69, 9.17) is 4.74 Å². The summed E-state index contributed by atoms with van der Waals surface area (Å²) in [6.07, 6.45) is -4.03. The molecular weight excluding hydrogens is 463 g/mol. The number of benzene rings is 2. The molecule has 2 aromatic heterocycles. The molecule has 0 bridgehead atoms. The van der Waals surface area contributed by atoms with Gasteiger partial charge < -0.3 is 9.30 Å². The number of hydrogen-bond donors (Lipinski definition) is 1. The van der Waals surface area contributed by atoms with Crippen molar-refractivity contribution in [2.45, 2.75) is 12.7 Å². The molecule has 4 rings (SSSR count). The van der Waals surface area contributed by atoms with Gasteiger partial charge in [0.15, 0.2) is 5.82 Å². The number of halogens is 5. The molecule has 0 aliphatic rings. The minimum Gasteiger partial charge on any atom is -0.451 e. The molecule has 0 aliphatic carbocycles. The average Bonchev–Trinajstić information content (AvgIpc) is 3.09. The predicted octanol–water partition coefficient (Wildman–Crippen LogP) is 4.07. The molecule has 1 N–H and O–H groups in total. The number of H-pyrrole nitrogens is 1. The number of hydrogen-bond acceptors (Lipinski definition) is 4. The van der Waals surface area contributed by atoms with Crippen molar-refractivity contribution < 1.29 is 26.7 Å². The number of nitrogens with zero attached hydrogens (tertiary/aromatic N) is 3. The normalized spacial score (nSPS) is 11.6. The van der Waals surface area contributed by atoms with E-state index in [1.807, 2.05) is 0 Å². The Morgan fingerprint density at radius 2 is 1.74 bits per heavy atom. The first kappa shape index (κ1) is 23.0. The molecule has 176 valence electrons. The lowest BCUT2D eigenvalue weighted by atomic mass is 10.1. The smallest absolute Gasteiger partial charge is 0.420 e. The molecule has 0 spiro atoms. The van der Waals surface area contributed by atoms with Crippen molar-refractivity contribution in [1.29, 1.82) is 0 Å². The van der Waals surface area contributed by atoms with E-state index in [0.29, 0.717) is 11.6 Å². The lowest BCUT2D eigenvalue weighted by Crippen LogP contribution is -2.26. The highest BCUT2D eigenvalue weighted by Gasteiger charge is 2.36. The Balaban J connectivity index is 1.73. The van der Waals surface area contributed by atoms with Crippen LogP contribution in [0.25, 0.3) is 11.1 Å². The number of pyridine rings is 1. The Bertz CT molecular complexity index is 1470. The minimum absolute atomic E-state index is 0.0633. The second-order valence-electron chi connectivity index (χ2n) is 7.24. The van der Waals surface area contributed by atoms with Crippen LogP contribution in [-0.4, -0.2) is 19.3 Å². The van der Waals surface area contributed by atoms with Crippen molar-refractivity contribution in [2.75, 3.05) is 0 Å². The second-order valence-corrected chi connectivity index (χ2v) is 7.24. The number of ether oxygens (including phenoxy) is 1. The maximum Gasteiger partial charge on any atom is 0.420 e. The fraction of sp³-hybridized carbons (Fsp3) is 0.136. The van der Waals surface area contributed by atoms with Crippen molar-refractivity contribution >= 4 is 0 Å². The molecule has 0 saturated heterocycles. The summed E-state index contributed by atoms with van der Waals surface area (Å²) in [5.74, 6) is -2.69. The first-order valence-electron chi connectivity index (χ1n) is 9.69. The van der Waals surface area contributed by atoms with Crippen LogP contribution in [0.3, 0.4) is 0 Å². The van der Waals surface area contributed by atoms with Gasteiger partial charge in [-0.1, -0.05) is 12.1 Å². The van der Waals surface area contributed by atoms with Gasteiger partial charge in [-0.3, -0.25) is 9.36 Å².